The van der Waals surface area contributed by atoms with Gasteiger partial charge < -0.3 is 10.2 Å². The Morgan fingerprint density at radius 1 is 1.33 bits per heavy atom. The molecule has 2 nitrogen and oxygen atoms in total. The second-order valence-corrected chi connectivity index (χ2v) is 5.62. The van der Waals surface area contributed by atoms with E-state index in [-0.39, 0.29) is 0 Å². The summed E-state index contributed by atoms with van der Waals surface area (Å²) in [5, 5.41) is 3.71. The lowest BCUT2D eigenvalue weighted by Gasteiger charge is -2.41. The quantitative estimate of drug-likeness (QED) is 0.769. The molecule has 1 heterocycles. The van der Waals surface area contributed by atoms with Crippen LogP contribution in [0.1, 0.15) is 40.5 Å². The molecule has 1 aliphatic rings. The van der Waals surface area contributed by atoms with Gasteiger partial charge in [-0.15, -0.1) is 0 Å². The minimum Gasteiger partial charge on any atom is -0.311 e. The molecule has 0 aliphatic carbocycles. The van der Waals surface area contributed by atoms with Crippen LogP contribution < -0.4 is 5.32 Å². The summed E-state index contributed by atoms with van der Waals surface area (Å²) in [5.74, 6) is 1.60. The van der Waals surface area contributed by atoms with E-state index in [0.717, 1.165) is 17.9 Å². The molecule has 0 spiro atoms. The van der Waals surface area contributed by atoms with Crippen LogP contribution in [0.2, 0.25) is 0 Å². The van der Waals surface area contributed by atoms with E-state index in [4.69, 9.17) is 0 Å². The Morgan fingerprint density at radius 3 is 2.47 bits per heavy atom. The van der Waals surface area contributed by atoms with Gasteiger partial charge in [-0.05, 0) is 25.3 Å². The van der Waals surface area contributed by atoms with Gasteiger partial charge in [0.25, 0.3) is 0 Å². The fraction of sp³-hybridized carbons (Fsp3) is 1.00. The van der Waals surface area contributed by atoms with Gasteiger partial charge in [0.1, 0.15) is 0 Å². The van der Waals surface area contributed by atoms with Crippen molar-refractivity contribution < 1.29 is 0 Å². The molecule has 0 bridgehead atoms. The predicted octanol–water partition coefficient (Wildman–Crippen LogP) is 2.35. The summed E-state index contributed by atoms with van der Waals surface area (Å²) in [4.78, 5) is 2.55. The molecule has 0 radical (unpaired) electrons. The summed E-state index contributed by atoms with van der Waals surface area (Å²) < 4.78 is 0. The van der Waals surface area contributed by atoms with Crippen molar-refractivity contribution in [2.45, 2.75) is 52.6 Å². The van der Waals surface area contributed by atoms with E-state index in [1.807, 2.05) is 0 Å². The third kappa shape index (κ3) is 3.76. The highest BCUT2D eigenvalue weighted by molar-refractivity contribution is 4.86. The van der Waals surface area contributed by atoms with Gasteiger partial charge in [-0.3, -0.25) is 0 Å². The van der Waals surface area contributed by atoms with E-state index in [1.54, 1.807) is 0 Å². The Labute approximate surface area is 95.4 Å². The fourth-order valence-electron chi connectivity index (χ4n) is 2.44. The second-order valence-electron chi connectivity index (χ2n) is 5.62. The SMILES string of the molecule is CCC(C)C1CN(C)C(CC(C)C)CN1. The average molecular weight is 212 g/mol. The predicted molar refractivity (Wildman–Crippen MR) is 67.1 cm³/mol. The standard InChI is InChI=1S/C13H28N2/c1-6-11(4)13-9-15(5)12(8-14-13)7-10(2)3/h10-14H,6-9H2,1-5H3. The largest absolute Gasteiger partial charge is 0.311 e. The van der Waals surface area contributed by atoms with Crippen molar-refractivity contribution in [2.24, 2.45) is 11.8 Å². The number of nitrogens with one attached hydrogen (secondary N) is 1. The number of piperazine rings is 1. The van der Waals surface area contributed by atoms with Crippen LogP contribution in [0.25, 0.3) is 0 Å². The zero-order valence-corrected chi connectivity index (χ0v) is 11.1. The zero-order valence-electron chi connectivity index (χ0n) is 11.1. The van der Waals surface area contributed by atoms with E-state index in [0.29, 0.717) is 6.04 Å². The number of likely N-dealkylation sites (N-methyl/N-ethyl adjacent to an activating group) is 1. The monoisotopic (exact) mass is 212 g/mol. The third-order valence-corrected chi connectivity index (χ3v) is 3.80. The molecule has 1 saturated heterocycles. The molecular weight excluding hydrogens is 184 g/mol. The molecule has 3 atom stereocenters. The smallest absolute Gasteiger partial charge is 0.0221 e. The van der Waals surface area contributed by atoms with Gasteiger partial charge in [-0.25, -0.2) is 0 Å². The van der Waals surface area contributed by atoms with Crippen LogP contribution in [0, 0.1) is 11.8 Å². The maximum atomic E-state index is 3.71. The molecular formula is C13H28N2. The van der Waals surface area contributed by atoms with Crippen LogP contribution in [-0.4, -0.2) is 37.1 Å². The van der Waals surface area contributed by atoms with Crippen molar-refractivity contribution in [3.05, 3.63) is 0 Å². The summed E-state index contributed by atoms with van der Waals surface area (Å²) in [5.41, 5.74) is 0. The molecule has 1 fully saturated rings. The molecule has 0 saturated carbocycles. The van der Waals surface area contributed by atoms with E-state index >= 15 is 0 Å². The molecule has 0 aromatic rings. The van der Waals surface area contributed by atoms with E-state index in [9.17, 15) is 0 Å². The Kier molecular flexibility index (Phi) is 5.07. The van der Waals surface area contributed by atoms with Gasteiger partial charge in [0.05, 0.1) is 0 Å². The molecule has 0 aromatic carbocycles. The molecule has 1 rings (SSSR count). The van der Waals surface area contributed by atoms with Crippen molar-refractivity contribution in [1.82, 2.24) is 10.2 Å². The van der Waals surface area contributed by atoms with E-state index in [2.05, 4.69) is 45.0 Å². The topological polar surface area (TPSA) is 15.3 Å². The van der Waals surface area contributed by atoms with Crippen LogP contribution >= 0.6 is 0 Å². The van der Waals surface area contributed by atoms with Crippen LogP contribution in [0.5, 0.6) is 0 Å². The van der Waals surface area contributed by atoms with Crippen LogP contribution in [0.4, 0.5) is 0 Å². The Hall–Kier alpha value is -0.0800. The normalized spacial score (nSPS) is 30.8. The van der Waals surface area contributed by atoms with E-state index in [1.165, 1.54) is 25.9 Å². The van der Waals surface area contributed by atoms with Crippen molar-refractivity contribution in [2.75, 3.05) is 20.1 Å². The summed E-state index contributed by atoms with van der Waals surface area (Å²) in [7, 11) is 2.28. The second kappa shape index (κ2) is 5.86. The highest BCUT2D eigenvalue weighted by Crippen LogP contribution is 2.18. The van der Waals surface area contributed by atoms with Crippen LogP contribution in [0.3, 0.4) is 0 Å². The van der Waals surface area contributed by atoms with Crippen molar-refractivity contribution >= 4 is 0 Å². The lowest BCUT2D eigenvalue weighted by Crippen LogP contribution is -2.57. The molecule has 1 aliphatic heterocycles. The summed E-state index contributed by atoms with van der Waals surface area (Å²) in [6.45, 7) is 11.7. The molecule has 1 N–H and O–H groups in total. The Bertz CT molecular complexity index is 179. The van der Waals surface area contributed by atoms with E-state index < -0.39 is 0 Å². The van der Waals surface area contributed by atoms with Gasteiger partial charge in [-0.2, -0.15) is 0 Å². The Morgan fingerprint density at radius 2 is 2.00 bits per heavy atom. The van der Waals surface area contributed by atoms with Gasteiger partial charge in [0.15, 0.2) is 0 Å². The first kappa shape index (κ1) is 13.0. The van der Waals surface area contributed by atoms with Gasteiger partial charge in [-0.1, -0.05) is 34.1 Å². The molecule has 90 valence electrons. The van der Waals surface area contributed by atoms with Gasteiger partial charge in [0.2, 0.25) is 0 Å². The molecule has 15 heavy (non-hydrogen) atoms. The molecule has 2 heteroatoms. The first-order valence-corrected chi connectivity index (χ1v) is 6.48. The first-order chi connectivity index (χ1) is 7.04. The summed E-state index contributed by atoms with van der Waals surface area (Å²) >= 11 is 0. The molecule has 0 aromatic heterocycles. The maximum absolute atomic E-state index is 3.71. The summed E-state index contributed by atoms with van der Waals surface area (Å²) in [6, 6.07) is 1.44. The minimum atomic E-state index is 0.698. The molecule has 0 amide bonds. The lowest BCUT2D eigenvalue weighted by atomic mass is 9.93. The van der Waals surface area contributed by atoms with Crippen molar-refractivity contribution in [1.29, 1.82) is 0 Å². The lowest BCUT2D eigenvalue weighted by molar-refractivity contribution is 0.122. The van der Waals surface area contributed by atoms with Crippen LogP contribution in [-0.2, 0) is 0 Å². The maximum Gasteiger partial charge on any atom is 0.0221 e. The van der Waals surface area contributed by atoms with Gasteiger partial charge >= 0.3 is 0 Å². The Balaban J connectivity index is 2.40. The average Bonchev–Trinajstić information content (AvgIpc) is 2.19. The number of rotatable bonds is 4. The first-order valence-electron chi connectivity index (χ1n) is 6.48. The van der Waals surface area contributed by atoms with Crippen molar-refractivity contribution in [3.63, 3.8) is 0 Å². The highest BCUT2D eigenvalue weighted by atomic mass is 15.2. The minimum absolute atomic E-state index is 0.698. The van der Waals surface area contributed by atoms with Gasteiger partial charge in [0, 0.05) is 25.2 Å². The highest BCUT2D eigenvalue weighted by Gasteiger charge is 2.27. The zero-order chi connectivity index (χ0) is 11.4. The number of hydrogen-bond acceptors (Lipinski definition) is 2. The number of hydrogen-bond donors (Lipinski definition) is 1. The fourth-order valence-corrected chi connectivity index (χ4v) is 2.44. The van der Waals surface area contributed by atoms with Crippen LogP contribution in [0.15, 0.2) is 0 Å². The molecule has 3 unspecified atom stereocenters. The third-order valence-electron chi connectivity index (χ3n) is 3.80. The number of nitrogens with zero attached hydrogens (tertiary/aromatic N) is 1. The van der Waals surface area contributed by atoms with Crippen molar-refractivity contribution in [3.8, 4) is 0 Å². The summed E-state index contributed by atoms with van der Waals surface area (Å²) in [6.07, 6.45) is 2.59.